The molecule has 0 bridgehead atoms. The highest BCUT2D eigenvalue weighted by Gasteiger charge is 2.27. The van der Waals surface area contributed by atoms with E-state index in [0.717, 1.165) is 38.1 Å². The number of carbonyl (C=O) groups excluding carboxylic acids is 1. The van der Waals surface area contributed by atoms with E-state index in [-0.39, 0.29) is 4.90 Å². The zero-order chi connectivity index (χ0) is 28.3. The summed E-state index contributed by atoms with van der Waals surface area (Å²) in [6, 6.07) is 21.7. The number of aromatic nitrogens is 1. The van der Waals surface area contributed by atoms with E-state index in [0.29, 0.717) is 10.2 Å². The van der Waals surface area contributed by atoms with Crippen molar-refractivity contribution >= 4 is 43.8 Å². The molecule has 9 heteroatoms. The van der Waals surface area contributed by atoms with Crippen molar-refractivity contribution in [3.63, 3.8) is 0 Å². The Labute approximate surface area is 238 Å². The van der Waals surface area contributed by atoms with Crippen LogP contribution in [0.5, 0.6) is 0 Å². The first-order valence-electron chi connectivity index (χ1n) is 12.4. The largest absolute Gasteiger partial charge is 0.318 e. The van der Waals surface area contributed by atoms with Gasteiger partial charge in [0.05, 0.1) is 16.8 Å². The number of halogens is 1. The first kappa shape index (κ1) is 28.3. The fourth-order valence-corrected chi connectivity index (χ4v) is 6.27. The molecule has 0 aliphatic rings. The van der Waals surface area contributed by atoms with Crippen LogP contribution in [-0.2, 0) is 14.8 Å². The average Bonchev–Trinajstić information content (AvgIpc) is 3.15. The second-order valence-corrected chi connectivity index (χ2v) is 12.3. The van der Waals surface area contributed by atoms with Crippen LogP contribution in [0.1, 0.15) is 33.6 Å². The summed E-state index contributed by atoms with van der Waals surface area (Å²) < 4.78 is 31.0. The molecule has 0 saturated carbocycles. The number of hydrazone groups is 1. The molecule has 7 nitrogen and oxygen atoms in total. The maximum absolute atomic E-state index is 13.5. The molecule has 4 aromatic rings. The Balaban J connectivity index is 1.56. The second kappa shape index (κ2) is 11.6. The number of hydrogen-bond donors (Lipinski definition) is 1. The minimum atomic E-state index is -4.01. The highest BCUT2D eigenvalue weighted by atomic mass is 79.9. The third-order valence-electron chi connectivity index (χ3n) is 6.45. The predicted molar refractivity (Wildman–Crippen MR) is 160 cm³/mol. The Morgan fingerprint density at radius 1 is 0.949 bits per heavy atom. The lowest BCUT2D eigenvalue weighted by Gasteiger charge is -2.24. The zero-order valence-corrected chi connectivity index (χ0v) is 25.0. The molecule has 1 amide bonds. The summed E-state index contributed by atoms with van der Waals surface area (Å²) in [7, 11) is -4.01. The van der Waals surface area contributed by atoms with Gasteiger partial charge in [-0.2, -0.15) is 5.10 Å². The predicted octanol–water partition coefficient (Wildman–Crippen LogP) is 6.13. The number of amides is 1. The Bertz CT molecular complexity index is 1660. The summed E-state index contributed by atoms with van der Waals surface area (Å²) in [6.07, 6.45) is 1.58. The van der Waals surface area contributed by atoms with Gasteiger partial charge in [0.2, 0.25) is 0 Å². The number of benzene rings is 3. The normalized spacial score (nSPS) is 11.6. The van der Waals surface area contributed by atoms with E-state index in [1.807, 2.05) is 26.8 Å². The lowest BCUT2D eigenvalue weighted by Crippen LogP contribution is -2.39. The van der Waals surface area contributed by atoms with Crippen LogP contribution < -0.4 is 9.73 Å². The molecule has 0 atom stereocenters. The van der Waals surface area contributed by atoms with Gasteiger partial charge in [0.25, 0.3) is 15.9 Å². The fraction of sp³-hybridized carbons (Fsp3) is 0.200. The van der Waals surface area contributed by atoms with Crippen molar-refractivity contribution in [3.05, 3.63) is 111 Å². The molecule has 0 radical (unpaired) electrons. The molecule has 202 valence electrons. The van der Waals surface area contributed by atoms with Crippen LogP contribution in [0, 0.1) is 34.6 Å². The Hall–Kier alpha value is -3.69. The zero-order valence-electron chi connectivity index (χ0n) is 22.6. The van der Waals surface area contributed by atoms with Crippen LogP contribution in [0.15, 0.2) is 87.3 Å². The SMILES string of the molecule is Cc1ccc(S(=O)(=O)N(CC(=O)N/N=C\c2cc(C)n(-c3ccc(C)cc3C)c2C)c2cccc(Br)c2)cc1. The van der Waals surface area contributed by atoms with Crippen LogP contribution in [0.4, 0.5) is 5.69 Å². The van der Waals surface area contributed by atoms with Crippen molar-refractivity contribution in [2.75, 3.05) is 10.8 Å². The molecule has 1 aromatic heterocycles. The number of rotatable bonds is 8. The minimum absolute atomic E-state index is 0.100. The van der Waals surface area contributed by atoms with Crippen molar-refractivity contribution in [1.82, 2.24) is 9.99 Å². The smallest absolute Gasteiger partial charge is 0.264 e. The van der Waals surface area contributed by atoms with E-state index in [1.54, 1.807) is 42.6 Å². The molecule has 39 heavy (non-hydrogen) atoms. The molecule has 0 aliphatic heterocycles. The number of carbonyl (C=O) groups is 1. The van der Waals surface area contributed by atoms with Gasteiger partial charge in [-0.25, -0.2) is 13.8 Å². The van der Waals surface area contributed by atoms with Gasteiger partial charge in [-0.15, -0.1) is 0 Å². The lowest BCUT2D eigenvalue weighted by molar-refractivity contribution is -0.119. The van der Waals surface area contributed by atoms with Crippen LogP contribution in [-0.4, -0.2) is 31.7 Å². The summed E-state index contributed by atoms with van der Waals surface area (Å²) >= 11 is 3.39. The Morgan fingerprint density at radius 3 is 2.31 bits per heavy atom. The van der Waals surface area contributed by atoms with Crippen molar-refractivity contribution < 1.29 is 13.2 Å². The summed E-state index contributed by atoms with van der Waals surface area (Å²) in [5.74, 6) is -0.565. The third kappa shape index (κ3) is 6.32. The van der Waals surface area contributed by atoms with Gasteiger partial charge in [-0.3, -0.25) is 9.10 Å². The van der Waals surface area contributed by atoms with Gasteiger partial charge in [0, 0.05) is 27.1 Å². The standard InChI is InChI=1S/C30H31BrN4O3S/c1-20-9-12-28(13-10-20)39(37,38)34(27-8-6-7-26(31)17-27)19-30(36)33-32-18-25-16-23(4)35(24(25)5)29-14-11-21(2)15-22(29)3/h6-18H,19H2,1-5H3,(H,33,36)/b32-18-. The number of aryl methyl sites for hydroxylation is 4. The van der Waals surface area contributed by atoms with Crippen LogP contribution in [0.2, 0.25) is 0 Å². The maximum atomic E-state index is 13.5. The van der Waals surface area contributed by atoms with Gasteiger partial charge in [0.1, 0.15) is 6.54 Å². The quantitative estimate of drug-likeness (QED) is 0.193. The number of hydrogen-bond acceptors (Lipinski definition) is 4. The first-order valence-corrected chi connectivity index (χ1v) is 14.6. The van der Waals surface area contributed by atoms with E-state index in [2.05, 4.69) is 63.1 Å². The molecular weight excluding hydrogens is 576 g/mol. The van der Waals surface area contributed by atoms with E-state index < -0.39 is 22.5 Å². The second-order valence-electron chi connectivity index (χ2n) is 9.55. The van der Waals surface area contributed by atoms with Gasteiger partial charge >= 0.3 is 0 Å². The molecule has 1 heterocycles. The average molecular weight is 608 g/mol. The number of nitrogens with one attached hydrogen (secondary N) is 1. The lowest BCUT2D eigenvalue weighted by atomic mass is 10.1. The molecule has 0 aliphatic carbocycles. The summed E-state index contributed by atoms with van der Waals surface area (Å²) in [4.78, 5) is 13.0. The molecule has 0 saturated heterocycles. The highest BCUT2D eigenvalue weighted by molar-refractivity contribution is 9.10. The molecular formula is C30H31BrN4O3S. The molecule has 0 spiro atoms. The number of nitrogens with zero attached hydrogens (tertiary/aromatic N) is 3. The van der Waals surface area contributed by atoms with Crippen LogP contribution in [0.25, 0.3) is 5.69 Å². The monoisotopic (exact) mass is 606 g/mol. The van der Waals surface area contributed by atoms with E-state index in [4.69, 9.17) is 0 Å². The van der Waals surface area contributed by atoms with Crippen molar-refractivity contribution in [3.8, 4) is 5.69 Å². The first-order chi connectivity index (χ1) is 18.5. The van der Waals surface area contributed by atoms with Crippen molar-refractivity contribution in [2.45, 2.75) is 39.5 Å². The van der Waals surface area contributed by atoms with Crippen LogP contribution >= 0.6 is 15.9 Å². The van der Waals surface area contributed by atoms with E-state index in [9.17, 15) is 13.2 Å². The summed E-state index contributed by atoms with van der Waals surface area (Å²) in [5.41, 5.74) is 10.1. The molecule has 3 aromatic carbocycles. The van der Waals surface area contributed by atoms with Crippen molar-refractivity contribution in [2.24, 2.45) is 5.10 Å². The fourth-order valence-electron chi connectivity index (χ4n) is 4.47. The maximum Gasteiger partial charge on any atom is 0.264 e. The number of sulfonamides is 1. The topological polar surface area (TPSA) is 83.8 Å². The van der Waals surface area contributed by atoms with Gasteiger partial charge < -0.3 is 4.57 Å². The molecule has 4 rings (SSSR count). The minimum Gasteiger partial charge on any atom is -0.318 e. The third-order valence-corrected chi connectivity index (χ3v) is 8.73. The highest BCUT2D eigenvalue weighted by Crippen LogP contribution is 2.27. The number of anilines is 1. The van der Waals surface area contributed by atoms with E-state index in [1.165, 1.54) is 17.7 Å². The van der Waals surface area contributed by atoms with Gasteiger partial charge in [-0.05, 0) is 82.6 Å². The molecule has 0 fully saturated rings. The van der Waals surface area contributed by atoms with Crippen LogP contribution in [0.3, 0.4) is 0 Å². The van der Waals surface area contributed by atoms with Crippen molar-refractivity contribution in [1.29, 1.82) is 0 Å². The molecule has 0 unspecified atom stereocenters. The van der Waals surface area contributed by atoms with Gasteiger partial charge in [0.15, 0.2) is 0 Å². The Kier molecular flexibility index (Phi) is 8.42. The van der Waals surface area contributed by atoms with Gasteiger partial charge in [-0.1, -0.05) is 57.4 Å². The molecule has 1 N–H and O–H groups in total. The summed E-state index contributed by atoms with van der Waals surface area (Å²) in [6.45, 7) is 9.61. The Morgan fingerprint density at radius 2 is 1.64 bits per heavy atom. The summed E-state index contributed by atoms with van der Waals surface area (Å²) in [5, 5.41) is 4.15. The van der Waals surface area contributed by atoms with E-state index >= 15 is 0 Å².